The monoisotopic (exact) mass is 404 g/mol. The molecule has 21 heavy (non-hydrogen) atoms. The Bertz CT molecular complexity index is 443. The Kier molecular flexibility index (Phi) is 7.77. The first-order valence-corrected chi connectivity index (χ1v) is 7.33. The van der Waals surface area contributed by atoms with E-state index in [9.17, 15) is 0 Å². The highest BCUT2D eigenvalue weighted by atomic mass is 127. The van der Waals surface area contributed by atoms with Crippen LogP contribution in [0, 0.1) is 0 Å². The molecule has 1 aromatic heterocycles. The number of guanidine groups is 1. The molecule has 1 aliphatic rings. The minimum absolute atomic E-state index is 0. The minimum atomic E-state index is 0. The molecular formula is C15H25IN4O. The van der Waals surface area contributed by atoms with E-state index in [2.05, 4.69) is 27.5 Å². The standard InChI is InChI=1S/C15H24N4O.HI/c1-4-16-15(19-13-6-7-13)18-10-12-5-8-14(17-9-12)20-11(2)3;/h5,8-9,11,13H,4,6-7,10H2,1-3H3,(H2,16,18,19);1H. The van der Waals surface area contributed by atoms with Gasteiger partial charge in [-0.1, -0.05) is 6.07 Å². The van der Waals surface area contributed by atoms with Gasteiger partial charge in [0.1, 0.15) is 0 Å². The predicted molar refractivity (Wildman–Crippen MR) is 96.4 cm³/mol. The Labute approximate surface area is 144 Å². The second-order valence-corrected chi connectivity index (χ2v) is 5.29. The van der Waals surface area contributed by atoms with E-state index in [1.165, 1.54) is 12.8 Å². The van der Waals surface area contributed by atoms with E-state index in [1.54, 1.807) is 0 Å². The molecule has 2 N–H and O–H groups in total. The molecule has 0 bridgehead atoms. The van der Waals surface area contributed by atoms with Crippen LogP contribution in [-0.2, 0) is 6.54 Å². The van der Waals surface area contributed by atoms with Crippen molar-refractivity contribution in [2.75, 3.05) is 6.54 Å². The lowest BCUT2D eigenvalue weighted by Gasteiger charge is -2.10. The van der Waals surface area contributed by atoms with Crippen LogP contribution in [-0.4, -0.2) is 29.6 Å². The highest BCUT2D eigenvalue weighted by molar-refractivity contribution is 14.0. The fourth-order valence-corrected chi connectivity index (χ4v) is 1.73. The quantitative estimate of drug-likeness (QED) is 0.435. The van der Waals surface area contributed by atoms with E-state index in [0.717, 1.165) is 18.1 Å². The van der Waals surface area contributed by atoms with E-state index < -0.39 is 0 Å². The molecule has 0 atom stereocenters. The van der Waals surface area contributed by atoms with Gasteiger partial charge in [0.05, 0.1) is 12.6 Å². The highest BCUT2D eigenvalue weighted by Crippen LogP contribution is 2.18. The summed E-state index contributed by atoms with van der Waals surface area (Å²) in [6.45, 7) is 7.55. The first-order valence-electron chi connectivity index (χ1n) is 7.33. The van der Waals surface area contributed by atoms with E-state index >= 15 is 0 Å². The first-order chi connectivity index (χ1) is 9.67. The summed E-state index contributed by atoms with van der Waals surface area (Å²) in [5.74, 6) is 1.55. The van der Waals surface area contributed by atoms with Crippen LogP contribution in [0.2, 0.25) is 0 Å². The number of aromatic nitrogens is 1. The van der Waals surface area contributed by atoms with Gasteiger partial charge >= 0.3 is 0 Å². The number of nitrogens with zero attached hydrogens (tertiary/aromatic N) is 2. The molecule has 1 aromatic rings. The molecule has 0 saturated heterocycles. The van der Waals surface area contributed by atoms with Crippen LogP contribution in [0.1, 0.15) is 39.2 Å². The van der Waals surface area contributed by atoms with Gasteiger partial charge in [-0.15, -0.1) is 24.0 Å². The number of halogens is 1. The molecule has 1 heterocycles. The molecule has 5 nitrogen and oxygen atoms in total. The molecule has 1 fully saturated rings. The number of rotatable bonds is 6. The molecule has 0 aromatic carbocycles. The number of ether oxygens (including phenoxy) is 1. The van der Waals surface area contributed by atoms with Gasteiger partial charge in [0.25, 0.3) is 0 Å². The lowest BCUT2D eigenvalue weighted by Crippen LogP contribution is -2.38. The summed E-state index contributed by atoms with van der Waals surface area (Å²) in [7, 11) is 0. The molecule has 0 unspecified atom stereocenters. The zero-order valence-electron chi connectivity index (χ0n) is 12.9. The first kappa shape index (κ1) is 18.0. The van der Waals surface area contributed by atoms with Gasteiger partial charge in [0.15, 0.2) is 5.96 Å². The summed E-state index contributed by atoms with van der Waals surface area (Å²) in [5, 5.41) is 6.65. The van der Waals surface area contributed by atoms with Gasteiger partial charge in [-0.3, -0.25) is 0 Å². The molecule has 0 amide bonds. The second kappa shape index (κ2) is 9.07. The Hall–Kier alpha value is -1.05. The zero-order chi connectivity index (χ0) is 14.4. The Morgan fingerprint density at radius 2 is 2.19 bits per heavy atom. The van der Waals surface area contributed by atoms with Crippen molar-refractivity contribution in [3.05, 3.63) is 23.9 Å². The van der Waals surface area contributed by atoms with Crippen molar-refractivity contribution in [1.29, 1.82) is 0 Å². The Morgan fingerprint density at radius 1 is 1.43 bits per heavy atom. The number of pyridine rings is 1. The zero-order valence-corrected chi connectivity index (χ0v) is 15.3. The van der Waals surface area contributed by atoms with Gasteiger partial charge in [-0.2, -0.15) is 0 Å². The third-order valence-corrected chi connectivity index (χ3v) is 2.84. The third kappa shape index (κ3) is 6.97. The molecule has 0 spiro atoms. The maximum Gasteiger partial charge on any atom is 0.213 e. The molecule has 6 heteroatoms. The normalized spacial score (nSPS) is 14.6. The largest absolute Gasteiger partial charge is 0.475 e. The maximum absolute atomic E-state index is 5.52. The summed E-state index contributed by atoms with van der Waals surface area (Å²) in [6, 6.07) is 4.51. The SMILES string of the molecule is CCNC(=NCc1ccc(OC(C)C)nc1)NC1CC1.I. The molecule has 1 saturated carbocycles. The summed E-state index contributed by atoms with van der Waals surface area (Å²) in [5.41, 5.74) is 1.08. The van der Waals surface area contributed by atoms with E-state index in [-0.39, 0.29) is 30.1 Å². The average Bonchev–Trinajstić information content (AvgIpc) is 3.21. The van der Waals surface area contributed by atoms with Crippen molar-refractivity contribution in [2.45, 2.75) is 52.3 Å². The summed E-state index contributed by atoms with van der Waals surface area (Å²) in [4.78, 5) is 8.85. The van der Waals surface area contributed by atoms with Crippen molar-refractivity contribution < 1.29 is 4.74 Å². The molecule has 1 aliphatic carbocycles. The topological polar surface area (TPSA) is 58.5 Å². The highest BCUT2D eigenvalue weighted by Gasteiger charge is 2.21. The maximum atomic E-state index is 5.52. The summed E-state index contributed by atoms with van der Waals surface area (Å²) >= 11 is 0. The second-order valence-electron chi connectivity index (χ2n) is 5.29. The number of hydrogen-bond donors (Lipinski definition) is 2. The fraction of sp³-hybridized carbons (Fsp3) is 0.600. The van der Waals surface area contributed by atoms with Gasteiger partial charge < -0.3 is 15.4 Å². The van der Waals surface area contributed by atoms with Crippen LogP contribution in [0.15, 0.2) is 23.3 Å². The van der Waals surface area contributed by atoms with Crippen molar-refractivity contribution in [2.24, 2.45) is 4.99 Å². The third-order valence-electron chi connectivity index (χ3n) is 2.84. The lowest BCUT2D eigenvalue weighted by atomic mass is 10.3. The van der Waals surface area contributed by atoms with Gasteiger partial charge in [0, 0.05) is 24.8 Å². The molecular weight excluding hydrogens is 379 g/mol. The number of nitrogens with one attached hydrogen (secondary N) is 2. The van der Waals surface area contributed by atoms with E-state index in [1.807, 2.05) is 32.2 Å². The van der Waals surface area contributed by atoms with Crippen LogP contribution in [0.3, 0.4) is 0 Å². The van der Waals surface area contributed by atoms with Crippen LogP contribution < -0.4 is 15.4 Å². The van der Waals surface area contributed by atoms with Crippen molar-refractivity contribution >= 4 is 29.9 Å². The summed E-state index contributed by atoms with van der Waals surface area (Å²) < 4.78 is 5.52. The van der Waals surface area contributed by atoms with E-state index in [4.69, 9.17) is 4.74 Å². The van der Waals surface area contributed by atoms with Crippen molar-refractivity contribution in [3.8, 4) is 5.88 Å². The number of hydrogen-bond acceptors (Lipinski definition) is 3. The molecule has 2 rings (SSSR count). The predicted octanol–water partition coefficient (Wildman–Crippen LogP) is 2.70. The fourth-order valence-electron chi connectivity index (χ4n) is 1.73. The van der Waals surface area contributed by atoms with Crippen molar-refractivity contribution in [3.63, 3.8) is 0 Å². The molecule has 0 aliphatic heterocycles. The van der Waals surface area contributed by atoms with Crippen molar-refractivity contribution in [1.82, 2.24) is 15.6 Å². The minimum Gasteiger partial charge on any atom is -0.475 e. The molecule has 0 radical (unpaired) electrons. The van der Waals surface area contributed by atoms with Gasteiger partial charge in [-0.05, 0) is 39.2 Å². The Morgan fingerprint density at radius 3 is 2.71 bits per heavy atom. The van der Waals surface area contributed by atoms with Crippen LogP contribution in [0.25, 0.3) is 0 Å². The lowest BCUT2D eigenvalue weighted by molar-refractivity contribution is 0.232. The van der Waals surface area contributed by atoms with Crippen LogP contribution in [0.4, 0.5) is 0 Å². The van der Waals surface area contributed by atoms with Crippen LogP contribution in [0.5, 0.6) is 5.88 Å². The summed E-state index contributed by atoms with van der Waals surface area (Å²) in [6.07, 6.45) is 4.46. The average molecular weight is 404 g/mol. The van der Waals surface area contributed by atoms with Crippen LogP contribution >= 0.6 is 24.0 Å². The number of aliphatic imine (C=N–C) groups is 1. The van der Waals surface area contributed by atoms with Gasteiger partial charge in [-0.25, -0.2) is 9.98 Å². The van der Waals surface area contributed by atoms with Gasteiger partial charge in [0.2, 0.25) is 5.88 Å². The van der Waals surface area contributed by atoms with E-state index in [0.29, 0.717) is 18.5 Å². The molecule has 118 valence electrons. The Balaban J connectivity index is 0.00000220. The smallest absolute Gasteiger partial charge is 0.213 e.